The van der Waals surface area contributed by atoms with E-state index in [9.17, 15) is 14.7 Å². The van der Waals surface area contributed by atoms with Gasteiger partial charge in [-0.25, -0.2) is 0 Å². The molecule has 0 aromatic carbocycles. The minimum atomic E-state index is -0.614. The smallest absolute Gasteiger partial charge is 0.230 e. The Morgan fingerprint density at radius 1 is 1.12 bits per heavy atom. The zero-order valence-electron chi connectivity index (χ0n) is 14.4. The van der Waals surface area contributed by atoms with Crippen LogP contribution >= 0.6 is 0 Å². The third-order valence-corrected chi connectivity index (χ3v) is 6.57. The molecule has 2 atom stereocenters. The van der Waals surface area contributed by atoms with Crippen LogP contribution in [-0.2, 0) is 9.59 Å². The van der Waals surface area contributed by atoms with Gasteiger partial charge in [-0.2, -0.15) is 0 Å². The Labute approximate surface area is 143 Å². The number of carbonyl (C=O) groups excluding carboxylic acids is 2. The Bertz CT molecular complexity index is 514. The molecule has 1 aliphatic carbocycles. The minimum absolute atomic E-state index is 0.0345. The maximum Gasteiger partial charge on any atom is 0.230 e. The van der Waals surface area contributed by atoms with E-state index in [0.29, 0.717) is 30.8 Å². The van der Waals surface area contributed by atoms with Crippen LogP contribution in [0.1, 0.15) is 44.9 Å². The van der Waals surface area contributed by atoms with Crippen molar-refractivity contribution >= 4 is 11.8 Å². The maximum atomic E-state index is 12.5. The number of hydrogen-bond donors (Lipinski definition) is 2. The van der Waals surface area contributed by atoms with Crippen molar-refractivity contribution in [1.82, 2.24) is 15.1 Å². The normalized spacial score (nSPS) is 36.0. The van der Waals surface area contributed by atoms with Crippen LogP contribution in [0.4, 0.5) is 0 Å². The molecule has 1 saturated carbocycles. The molecule has 3 aliphatic heterocycles. The number of aliphatic hydroxyl groups excluding tert-OH is 1. The lowest BCUT2D eigenvalue weighted by Gasteiger charge is -2.50. The van der Waals surface area contributed by atoms with E-state index in [2.05, 4.69) is 10.2 Å². The van der Waals surface area contributed by atoms with E-state index < -0.39 is 11.5 Å². The highest BCUT2D eigenvalue weighted by atomic mass is 16.3. The van der Waals surface area contributed by atoms with Crippen LogP contribution in [0, 0.1) is 11.3 Å². The first-order valence-electron chi connectivity index (χ1n) is 9.59. The molecule has 0 aromatic heterocycles. The Balaban J connectivity index is 1.38. The molecule has 2 N–H and O–H groups in total. The third kappa shape index (κ3) is 2.84. The molecule has 4 fully saturated rings. The van der Waals surface area contributed by atoms with Gasteiger partial charge in [0.15, 0.2) is 0 Å². The summed E-state index contributed by atoms with van der Waals surface area (Å²) in [6.07, 6.45) is 6.01. The molecule has 0 bridgehead atoms. The molecule has 4 aliphatic rings. The zero-order valence-corrected chi connectivity index (χ0v) is 14.4. The lowest BCUT2D eigenvalue weighted by Crippen LogP contribution is -2.63. The molecule has 6 nitrogen and oxygen atoms in total. The van der Waals surface area contributed by atoms with Crippen LogP contribution in [-0.4, -0.2) is 71.6 Å². The highest BCUT2D eigenvalue weighted by molar-refractivity contribution is 5.84. The van der Waals surface area contributed by atoms with Crippen molar-refractivity contribution in [3.63, 3.8) is 0 Å². The highest BCUT2D eigenvalue weighted by Crippen LogP contribution is 2.39. The summed E-state index contributed by atoms with van der Waals surface area (Å²) in [5.41, 5.74) is -0.614. The van der Waals surface area contributed by atoms with Crippen LogP contribution in [0.3, 0.4) is 0 Å². The minimum Gasteiger partial charge on any atom is -0.392 e. The van der Waals surface area contributed by atoms with Gasteiger partial charge in [-0.1, -0.05) is 0 Å². The van der Waals surface area contributed by atoms with Gasteiger partial charge in [-0.3, -0.25) is 14.5 Å². The number of piperidine rings is 3. The Morgan fingerprint density at radius 2 is 1.88 bits per heavy atom. The topological polar surface area (TPSA) is 72.9 Å². The summed E-state index contributed by atoms with van der Waals surface area (Å²) in [7, 11) is 0. The number of aliphatic hydroxyl groups is 1. The Hall–Kier alpha value is -1.14. The zero-order chi connectivity index (χ0) is 16.7. The van der Waals surface area contributed by atoms with Gasteiger partial charge in [0, 0.05) is 44.7 Å². The number of nitrogens with zero attached hydrogens (tertiary/aromatic N) is 2. The fourth-order valence-corrected chi connectivity index (χ4v) is 4.83. The summed E-state index contributed by atoms with van der Waals surface area (Å²) in [4.78, 5) is 29.1. The Kier molecular flexibility index (Phi) is 4.29. The first-order valence-corrected chi connectivity index (χ1v) is 9.59. The molecule has 4 rings (SSSR count). The highest BCUT2D eigenvalue weighted by Gasteiger charge is 2.50. The standard InChI is InChI=1S/C18H29N3O3/c22-15-6-11-21(12-18(15)7-1-8-19-17(18)24)14-4-9-20(10-5-14)16(23)13-2-3-13/h13-15,22H,1-12H2,(H,19,24)/t15-,18+/m0/s1. The molecule has 134 valence electrons. The van der Waals surface area contributed by atoms with Gasteiger partial charge < -0.3 is 15.3 Å². The first-order chi connectivity index (χ1) is 11.6. The summed E-state index contributed by atoms with van der Waals surface area (Å²) >= 11 is 0. The Morgan fingerprint density at radius 3 is 2.54 bits per heavy atom. The van der Waals surface area contributed by atoms with Gasteiger partial charge in [-0.05, 0) is 44.9 Å². The summed E-state index contributed by atoms with van der Waals surface area (Å²) in [6, 6.07) is 0.437. The fraction of sp³-hybridized carbons (Fsp3) is 0.889. The number of rotatable bonds is 2. The van der Waals surface area contributed by atoms with E-state index in [1.807, 2.05) is 4.90 Å². The van der Waals surface area contributed by atoms with Crippen LogP contribution in [0.25, 0.3) is 0 Å². The van der Waals surface area contributed by atoms with Crippen LogP contribution < -0.4 is 5.32 Å². The van der Waals surface area contributed by atoms with E-state index >= 15 is 0 Å². The second kappa shape index (κ2) is 6.30. The third-order valence-electron chi connectivity index (χ3n) is 6.57. The van der Waals surface area contributed by atoms with Gasteiger partial charge in [-0.15, -0.1) is 0 Å². The van der Waals surface area contributed by atoms with E-state index in [4.69, 9.17) is 0 Å². The molecule has 0 radical (unpaired) electrons. The summed E-state index contributed by atoms with van der Waals surface area (Å²) in [5, 5.41) is 13.5. The van der Waals surface area contributed by atoms with Crippen molar-refractivity contribution in [2.24, 2.45) is 11.3 Å². The predicted octanol–water partition coefficient (Wildman–Crippen LogP) is 0.350. The number of carbonyl (C=O) groups is 2. The predicted molar refractivity (Wildman–Crippen MR) is 89.2 cm³/mol. The molecule has 3 heterocycles. The summed E-state index contributed by atoms with van der Waals surface area (Å²) < 4.78 is 0. The van der Waals surface area contributed by atoms with Crippen molar-refractivity contribution < 1.29 is 14.7 Å². The SMILES string of the molecule is O=C(C1CC1)N1CCC(N2CC[C@H](O)[C@@]3(CCCNC3=O)C2)CC1. The van der Waals surface area contributed by atoms with Crippen molar-refractivity contribution in [3.8, 4) is 0 Å². The van der Waals surface area contributed by atoms with Crippen molar-refractivity contribution in [2.75, 3.05) is 32.7 Å². The van der Waals surface area contributed by atoms with Crippen LogP contribution in [0.2, 0.25) is 0 Å². The maximum absolute atomic E-state index is 12.5. The molecule has 1 spiro atoms. The lowest BCUT2D eigenvalue weighted by molar-refractivity contribution is -0.151. The molecule has 2 amide bonds. The molecule has 3 saturated heterocycles. The molecular weight excluding hydrogens is 306 g/mol. The average molecular weight is 335 g/mol. The van der Waals surface area contributed by atoms with Gasteiger partial charge in [0.25, 0.3) is 0 Å². The monoisotopic (exact) mass is 335 g/mol. The number of amides is 2. The second-order valence-corrected chi connectivity index (χ2v) is 8.12. The van der Waals surface area contributed by atoms with Crippen molar-refractivity contribution in [3.05, 3.63) is 0 Å². The quantitative estimate of drug-likeness (QED) is 0.764. The molecule has 0 unspecified atom stereocenters. The van der Waals surface area contributed by atoms with Crippen molar-refractivity contribution in [1.29, 1.82) is 0 Å². The molecule has 0 aromatic rings. The van der Waals surface area contributed by atoms with Gasteiger partial charge in [0.1, 0.15) is 0 Å². The van der Waals surface area contributed by atoms with Crippen molar-refractivity contribution in [2.45, 2.75) is 57.1 Å². The number of nitrogens with one attached hydrogen (secondary N) is 1. The summed E-state index contributed by atoms with van der Waals surface area (Å²) in [5.74, 6) is 0.693. The molecule has 6 heteroatoms. The van der Waals surface area contributed by atoms with Gasteiger partial charge in [0.2, 0.25) is 11.8 Å². The largest absolute Gasteiger partial charge is 0.392 e. The number of hydrogen-bond acceptors (Lipinski definition) is 4. The fourth-order valence-electron chi connectivity index (χ4n) is 4.83. The second-order valence-electron chi connectivity index (χ2n) is 8.12. The first kappa shape index (κ1) is 16.3. The molecular formula is C18H29N3O3. The lowest BCUT2D eigenvalue weighted by atomic mass is 9.71. The van der Waals surface area contributed by atoms with Crippen LogP contribution in [0.5, 0.6) is 0 Å². The van der Waals surface area contributed by atoms with Gasteiger partial charge in [0.05, 0.1) is 11.5 Å². The van der Waals surface area contributed by atoms with E-state index in [1.165, 1.54) is 0 Å². The van der Waals surface area contributed by atoms with E-state index in [0.717, 1.165) is 64.7 Å². The van der Waals surface area contributed by atoms with E-state index in [1.54, 1.807) is 0 Å². The van der Waals surface area contributed by atoms with Crippen LogP contribution in [0.15, 0.2) is 0 Å². The van der Waals surface area contributed by atoms with E-state index in [-0.39, 0.29) is 5.91 Å². The average Bonchev–Trinajstić information content (AvgIpc) is 3.44. The van der Waals surface area contributed by atoms with Gasteiger partial charge >= 0.3 is 0 Å². The summed E-state index contributed by atoms with van der Waals surface area (Å²) in [6.45, 7) is 3.95. The molecule has 24 heavy (non-hydrogen) atoms. The number of likely N-dealkylation sites (tertiary alicyclic amines) is 2.